The predicted molar refractivity (Wildman–Crippen MR) is 87.5 cm³/mol. The van der Waals surface area contributed by atoms with E-state index < -0.39 is 0 Å². The fourth-order valence-electron chi connectivity index (χ4n) is 2.93. The van der Waals surface area contributed by atoms with Crippen LogP contribution >= 0.6 is 11.6 Å². The highest BCUT2D eigenvalue weighted by molar-refractivity contribution is 6.30. The molecule has 0 bridgehead atoms. The zero-order valence-corrected chi connectivity index (χ0v) is 13.3. The molecule has 1 heterocycles. The van der Waals surface area contributed by atoms with Crippen molar-refractivity contribution in [3.63, 3.8) is 0 Å². The Kier molecular flexibility index (Phi) is 6.85. The Bertz CT molecular complexity index is 369. The Morgan fingerprint density at radius 3 is 2.85 bits per heavy atom. The number of nitrogens with one attached hydrogen (secondary N) is 2. The molecule has 20 heavy (non-hydrogen) atoms. The summed E-state index contributed by atoms with van der Waals surface area (Å²) in [6.45, 7) is 4.53. The lowest BCUT2D eigenvalue weighted by Gasteiger charge is -2.21. The van der Waals surface area contributed by atoms with Gasteiger partial charge in [0, 0.05) is 17.1 Å². The van der Waals surface area contributed by atoms with E-state index in [1.54, 1.807) is 0 Å². The topological polar surface area (TPSA) is 24.1 Å². The fourth-order valence-corrected chi connectivity index (χ4v) is 3.05. The highest BCUT2D eigenvalue weighted by Gasteiger charge is 2.14. The standard InChI is InChI=1S/C17H27ClN2/c1-14(13-17-5-3-2-4-11-20-17)19-12-10-15-6-8-16(18)9-7-15/h6-9,14,17,19-20H,2-5,10-13H2,1H3. The molecule has 1 fully saturated rings. The second kappa shape index (κ2) is 8.66. The molecular weight excluding hydrogens is 268 g/mol. The molecule has 2 nitrogen and oxygen atoms in total. The van der Waals surface area contributed by atoms with Gasteiger partial charge in [0.1, 0.15) is 0 Å². The number of hydrogen-bond donors (Lipinski definition) is 2. The van der Waals surface area contributed by atoms with Crippen molar-refractivity contribution in [1.82, 2.24) is 10.6 Å². The smallest absolute Gasteiger partial charge is 0.0406 e. The van der Waals surface area contributed by atoms with E-state index in [1.165, 1.54) is 44.2 Å². The summed E-state index contributed by atoms with van der Waals surface area (Å²) in [7, 11) is 0. The van der Waals surface area contributed by atoms with Crippen LogP contribution in [0.4, 0.5) is 0 Å². The van der Waals surface area contributed by atoms with Crippen LogP contribution in [0, 0.1) is 0 Å². The van der Waals surface area contributed by atoms with Gasteiger partial charge in [0.2, 0.25) is 0 Å². The van der Waals surface area contributed by atoms with Crippen molar-refractivity contribution in [2.24, 2.45) is 0 Å². The molecule has 0 radical (unpaired) electrons. The summed E-state index contributed by atoms with van der Waals surface area (Å²) in [4.78, 5) is 0. The Hall–Kier alpha value is -0.570. The zero-order valence-electron chi connectivity index (χ0n) is 12.5. The zero-order chi connectivity index (χ0) is 14.2. The lowest BCUT2D eigenvalue weighted by Crippen LogP contribution is -2.37. The quantitative estimate of drug-likeness (QED) is 0.834. The van der Waals surface area contributed by atoms with E-state index in [1.807, 2.05) is 12.1 Å². The minimum atomic E-state index is 0.581. The summed E-state index contributed by atoms with van der Waals surface area (Å²) in [5.41, 5.74) is 1.35. The molecule has 2 N–H and O–H groups in total. The molecule has 1 aromatic carbocycles. The molecule has 2 atom stereocenters. The van der Waals surface area contributed by atoms with E-state index in [0.717, 1.165) is 18.0 Å². The van der Waals surface area contributed by atoms with Gasteiger partial charge in [-0.3, -0.25) is 0 Å². The lowest BCUT2D eigenvalue weighted by molar-refractivity contribution is 0.405. The number of rotatable bonds is 6. The van der Waals surface area contributed by atoms with Gasteiger partial charge in [0.25, 0.3) is 0 Å². The predicted octanol–water partition coefficient (Wildman–Crippen LogP) is 3.78. The van der Waals surface area contributed by atoms with Crippen LogP contribution in [-0.2, 0) is 6.42 Å². The fraction of sp³-hybridized carbons (Fsp3) is 0.647. The third-order valence-electron chi connectivity index (χ3n) is 4.12. The number of hydrogen-bond acceptors (Lipinski definition) is 2. The maximum atomic E-state index is 5.90. The first-order chi connectivity index (χ1) is 9.74. The monoisotopic (exact) mass is 294 g/mol. The van der Waals surface area contributed by atoms with Crippen molar-refractivity contribution in [3.8, 4) is 0 Å². The summed E-state index contributed by atoms with van der Waals surface area (Å²) < 4.78 is 0. The first-order valence-electron chi connectivity index (χ1n) is 7.95. The average molecular weight is 295 g/mol. The molecule has 3 heteroatoms. The molecule has 2 unspecified atom stereocenters. The van der Waals surface area contributed by atoms with Gasteiger partial charge in [-0.15, -0.1) is 0 Å². The third-order valence-corrected chi connectivity index (χ3v) is 4.37. The largest absolute Gasteiger partial charge is 0.314 e. The van der Waals surface area contributed by atoms with Gasteiger partial charge in [-0.25, -0.2) is 0 Å². The molecular formula is C17H27ClN2. The van der Waals surface area contributed by atoms with Gasteiger partial charge >= 0.3 is 0 Å². The molecule has 2 rings (SSSR count). The highest BCUT2D eigenvalue weighted by atomic mass is 35.5. The molecule has 0 spiro atoms. The van der Waals surface area contributed by atoms with E-state index in [2.05, 4.69) is 29.7 Å². The maximum Gasteiger partial charge on any atom is 0.0406 e. The summed E-state index contributed by atoms with van der Waals surface area (Å²) >= 11 is 5.90. The first-order valence-corrected chi connectivity index (χ1v) is 8.33. The molecule has 0 amide bonds. The van der Waals surface area contributed by atoms with Crippen molar-refractivity contribution in [1.29, 1.82) is 0 Å². The Labute approximate surface area is 128 Å². The van der Waals surface area contributed by atoms with E-state index in [9.17, 15) is 0 Å². The normalized spacial score (nSPS) is 21.4. The molecule has 1 aliphatic rings. The van der Waals surface area contributed by atoms with Crippen molar-refractivity contribution in [2.75, 3.05) is 13.1 Å². The Morgan fingerprint density at radius 2 is 2.05 bits per heavy atom. The first kappa shape index (κ1) is 15.8. The van der Waals surface area contributed by atoms with Crippen LogP contribution in [0.3, 0.4) is 0 Å². The van der Waals surface area contributed by atoms with Gasteiger partial charge in [-0.2, -0.15) is 0 Å². The van der Waals surface area contributed by atoms with E-state index in [4.69, 9.17) is 11.6 Å². The van der Waals surface area contributed by atoms with Crippen molar-refractivity contribution < 1.29 is 0 Å². The number of benzene rings is 1. The molecule has 1 aliphatic heterocycles. The summed E-state index contributed by atoms with van der Waals surface area (Å²) in [5.74, 6) is 0. The summed E-state index contributed by atoms with van der Waals surface area (Å²) in [5, 5.41) is 8.13. The third kappa shape index (κ3) is 5.82. The summed E-state index contributed by atoms with van der Waals surface area (Å²) in [6, 6.07) is 9.45. The Balaban J connectivity index is 1.64. The van der Waals surface area contributed by atoms with Gasteiger partial charge in [0.15, 0.2) is 0 Å². The molecule has 0 saturated carbocycles. The maximum absolute atomic E-state index is 5.90. The molecule has 0 aliphatic carbocycles. The molecule has 112 valence electrons. The van der Waals surface area contributed by atoms with E-state index in [-0.39, 0.29) is 0 Å². The van der Waals surface area contributed by atoms with Crippen molar-refractivity contribution in [2.45, 2.75) is 57.5 Å². The second-order valence-corrected chi connectivity index (χ2v) is 6.40. The van der Waals surface area contributed by atoms with Gasteiger partial charge in [-0.1, -0.05) is 36.6 Å². The van der Waals surface area contributed by atoms with Crippen LogP contribution in [0.1, 0.15) is 44.6 Å². The second-order valence-electron chi connectivity index (χ2n) is 5.97. The summed E-state index contributed by atoms with van der Waals surface area (Å²) in [6.07, 6.45) is 7.76. The molecule has 0 aromatic heterocycles. The minimum absolute atomic E-state index is 0.581. The van der Waals surface area contributed by atoms with Crippen LogP contribution in [0.25, 0.3) is 0 Å². The van der Waals surface area contributed by atoms with Crippen LogP contribution in [0.5, 0.6) is 0 Å². The number of halogens is 1. The van der Waals surface area contributed by atoms with Crippen molar-refractivity contribution >= 4 is 11.6 Å². The van der Waals surface area contributed by atoms with Gasteiger partial charge < -0.3 is 10.6 Å². The van der Waals surface area contributed by atoms with E-state index >= 15 is 0 Å². The molecule has 1 aromatic rings. The van der Waals surface area contributed by atoms with Crippen LogP contribution < -0.4 is 10.6 Å². The van der Waals surface area contributed by atoms with Gasteiger partial charge in [-0.05, 0) is 63.4 Å². The average Bonchev–Trinajstić information content (AvgIpc) is 2.70. The van der Waals surface area contributed by atoms with Crippen LogP contribution in [-0.4, -0.2) is 25.2 Å². The van der Waals surface area contributed by atoms with Crippen LogP contribution in [0.15, 0.2) is 24.3 Å². The molecule has 1 saturated heterocycles. The SMILES string of the molecule is CC(CC1CCCCCN1)NCCc1ccc(Cl)cc1. The van der Waals surface area contributed by atoms with Crippen LogP contribution in [0.2, 0.25) is 5.02 Å². The van der Waals surface area contributed by atoms with Gasteiger partial charge in [0.05, 0.1) is 0 Å². The minimum Gasteiger partial charge on any atom is -0.314 e. The highest BCUT2D eigenvalue weighted by Crippen LogP contribution is 2.13. The van der Waals surface area contributed by atoms with Crippen molar-refractivity contribution in [3.05, 3.63) is 34.9 Å². The Morgan fingerprint density at radius 1 is 1.25 bits per heavy atom. The lowest BCUT2D eigenvalue weighted by atomic mass is 10.0. The van der Waals surface area contributed by atoms with E-state index in [0.29, 0.717) is 12.1 Å².